The van der Waals surface area contributed by atoms with E-state index in [0.29, 0.717) is 0 Å². The van der Waals surface area contributed by atoms with E-state index >= 15 is 0 Å². The van der Waals surface area contributed by atoms with Crippen LogP contribution in [0.15, 0.2) is 42.5 Å². The van der Waals surface area contributed by atoms with E-state index in [1.54, 1.807) is 0 Å². The van der Waals surface area contributed by atoms with E-state index in [4.69, 9.17) is 11.6 Å². The highest BCUT2D eigenvalue weighted by atomic mass is 35.5. The molecular weight excluding hydrogens is 268 g/mol. The molecule has 0 bridgehead atoms. The van der Waals surface area contributed by atoms with Crippen LogP contribution in [0, 0.1) is 6.92 Å². The molecule has 0 aliphatic heterocycles. The maximum absolute atomic E-state index is 6.31. The van der Waals surface area contributed by atoms with Crippen molar-refractivity contribution < 1.29 is 0 Å². The lowest BCUT2D eigenvalue weighted by molar-refractivity contribution is 0.817. The summed E-state index contributed by atoms with van der Waals surface area (Å²) in [6, 6.07) is 14.9. The van der Waals surface area contributed by atoms with Crippen LogP contribution in [0.4, 0.5) is 5.69 Å². The molecule has 2 nitrogen and oxygen atoms in total. The van der Waals surface area contributed by atoms with Gasteiger partial charge in [-0.25, -0.2) is 0 Å². The van der Waals surface area contributed by atoms with Crippen molar-refractivity contribution in [2.75, 3.05) is 19.0 Å². The first-order valence-electron chi connectivity index (χ1n) is 6.80. The monoisotopic (exact) mass is 288 g/mol. The van der Waals surface area contributed by atoms with Crippen LogP contribution in [-0.4, -0.2) is 14.1 Å². The number of nitrogens with zero attached hydrogens (tertiary/aromatic N) is 1. The highest BCUT2D eigenvalue weighted by molar-refractivity contribution is 6.31. The minimum absolute atomic E-state index is 0.792. The molecule has 1 N–H and O–H groups in total. The second-order valence-electron chi connectivity index (χ2n) is 5.15. The van der Waals surface area contributed by atoms with Crippen molar-refractivity contribution in [1.29, 1.82) is 0 Å². The Kier molecular flexibility index (Phi) is 5.05. The summed E-state index contributed by atoms with van der Waals surface area (Å²) in [6.45, 7) is 3.77. The quantitative estimate of drug-likeness (QED) is 0.894. The summed E-state index contributed by atoms with van der Waals surface area (Å²) in [5.74, 6) is 0. The van der Waals surface area contributed by atoms with Gasteiger partial charge in [0.15, 0.2) is 0 Å². The van der Waals surface area contributed by atoms with Gasteiger partial charge < -0.3 is 10.2 Å². The molecule has 2 rings (SSSR count). The molecule has 2 aromatic carbocycles. The van der Waals surface area contributed by atoms with Crippen LogP contribution in [0.1, 0.15) is 16.7 Å². The molecular formula is C17H21ClN2. The Morgan fingerprint density at radius 1 is 1.10 bits per heavy atom. The smallest absolute Gasteiger partial charge is 0.0471 e. The fraction of sp³-hybridized carbons (Fsp3) is 0.294. The summed E-state index contributed by atoms with van der Waals surface area (Å²) in [5, 5.41) is 3.93. The SMILES string of the molecule is CNCc1ccc(N(C)Cc2ccc(C)cc2)cc1Cl. The van der Waals surface area contributed by atoms with Gasteiger partial charge >= 0.3 is 0 Å². The highest BCUT2D eigenvalue weighted by Gasteiger charge is 2.06. The number of halogens is 1. The first-order valence-corrected chi connectivity index (χ1v) is 7.17. The van der Waals surface area contributed by atoms with Gasteiger partial charge in [-0.05, 0) is 37.2 Å². The predicted molar refractivity (Wildman–Crippen MR) is 87.5 cm³/mol. The topological polar surface area (TPSA) is 15.3 Å². The van der Waals surface area contributed by atoms with Crippen LogP contribution in [-0.2, 0) is 13.1 Å². The molecule has 0 aliphatic rings. The first-order chi connectivity index (χ1) is 9.60. The van der Waals surface area contributed by atoms with Crippen molar-refractivity contribution in [2.24, 2.45) is 0 Å². The van der Waals surface area contributed by atoms with Crippen molar-refractivity contribution >= 4 is 17.3 Å². The van der Waals surface area contributed by atoms with Crippen LogP contribution in [0.5, 0.6) is 0 Å². The van der Waals surface area contributed by atoms with E-state index in [9.17, 15) is 0 Å². The first kappa shape index (κ1) is 14.9. The van der Waals surface area contributed by atoms with Crippen LogP contribution >= 0.6 is 11.6 Å². The molecule has 2 aromatic rings. The van der Waals surface area contributed by atoms with Crippen LogP contribution in [0.2, 0.25) is 5.02 Å². The zero-order valence-electron chi connectivity index (χ0n) is 12.3. The molecule has 0 saturated heterocycles. The van der Waals surface area contributed by atoms with E-state index in [2.05, 4.69) is 60.6 Å². The summed E-state index contributed by atoms with van der Waals surface area (Å²) in [7, 11) is 4.01. The zero-order chi connectivity index (χ0) is 14.5. The minimum atomic E-state index is 0.792. The summed E-state index contributed by atoms with van der Waals surface area (Å²) in [4.78, 5) is 2.21. The van der Waals surface area contributed by atoms with E-state index in [1.807, 2.05) is 13.1 Å². The summed E-state index contributed by atoms with van der Waals surface area (Å²) < 4.78 is 0. The van der Waals surface area contributed by atoms with Gasteiger partial charge in [-0.2, -0.15) is 0 Å². The Morgan fingerprint density at radius 2 is 1.80 bits per heavy atom. The van der Waals surface area contributed by atoms with Gasteiger partial charge in [-0.15, -0.1) is 0 Å². The molecule has 0 saturated carbocycles. The van der Waals surface area contributed by atoms with Crippen molar-refractivity contribution in [3.05, 3.63) is 64.2 Å². The number of benzene rings is 2. The number of rotatable bonds is 5. The van der Waals surface area contributed by atoms with Crippen molar-refractivity contribution in [2.45, 2.75) is 20.0 Å². The molecule has 0 aromatic heterocycles. The van der Waals surface area contributed by atoms with E-state index in [0.717, 1.165) is 29.4 Å². The molecule has 0 aliphatic carbocycles. The van der Waals surface area contributed by atoms with Gasteiger partial charge in [-0.1, -0.05) is 47.5 Å². The number of hydrogen-bond donors (Lipinski definition) is 1. The maximum atomic E-state index is 6.31. The molecule has 0 spiro atoms. The lowest BCUT2D eigenvalue weighted by Gasteiger charge is -2.20. The lowest BCUT2D eigenvalue weighted by Crippen LogP contribution is -2.16. The second-order valence-corrected chi connectivity index (χ2v) is 5.55. The number of aryl methyl sites for hydroxylation is 1. The molecule has 3 heteroatoms. The van der Waals surface area contributed by atoms with Crippen molar-refractivity contribution in [1.82, 2.24) is 5.32 Å². The molecule has 0 atom stereocenters. The average Bonchev–Trinajstić information content (AvgIpc) is 2.44. The second kappa shape index (κ2) is 6.78. The minimum Gasteiger partial charge on any atom is -0.370 e. The molecule has 106 valence electrons. The third kappa shape index (κ3) is 3.75. The third-order valence-corrected chi connectivity index (χ3v) is 3.74. The van der Waals surface area contributed by atoms with E-state index in [1.165, 1.54) is 11.1 Å². The van der Waals surface area contributed by atoms with Gasteiger partial charge in [0.05, 0.1) is 0 Å². The molecule has 20 heavy (non-hydrogen) atoms. The van der Waals surface area contributed by atoms with E-state index in [-0.39, 0.29) is 0 Å². The molecule has 0 radical (unpaired) electrons. The number of anilines is 1. The highest BCUT2D eigenvalue weighted by Crippen LogP contribution is 2.24. The normalized spacial score (nSPS) is 10.6. The van der Waals surface area contributed by atoms with Gasteiger partial charge in [0.2, 0.25) is 0 Å². The maximum Gasteiger partial charge on any atom is 0.0471 e. The standard InChI is InChI=1S/C17H21ClN2/c1-13-4-6-14(7-5-13)12-20(3)16-9-8-15(11-19-2)17(18)10-16/h4-10,19H,11-12H2,1-3H3. The molecule has 0 heterocycles. The van der Waals surface area contributed by atoms with Crippen molar-refractivity contribution in [3.63, 3.8) is 0 Å². The summed E-state index contributed by atoms with van der Waals surface area (Å²) in [6.07, 6.45) is 0. The third-order valence-electron chi connectivity index (χ3n) is 3.38. The largest absolute Gasteiger partial charge is 0.370 e. The summed E-state index contributed by atoms with van der Waals surface area (Å²) in [5.41, 5.74) is 4.85. The number of nitrogens with one attached hydrogen (secondary N) is 1. The Bertz CT molecular complexity index is 564. The van der Waals surface area contributed by atoms with Gasteiger partial charge in [0.1, 0.15) is 0 Å². The van der Waals surface area contributed by atoms with Crippen LogP contribution < -0.4 is 10.2 Å². The molecule has 0 unspecified atom stereocenters. The fourth-order valence-electron chi connectivity index (χ4n) is 2.17. The Labute approximate surface area is 126 Å². The Morgan fingerprint density at radius 3 is 2.40 bits per heavy atom. The number of hydrogen-bond acceptors (Lipinski definition) is 2. The zero-order valence-corrected chi connectivity index (χ0v) is 13.0. The lowest BCUT2D eigenvalue weighted by atomic mass is 10.1. The van der Waals surface area contributed by atoms with Crippen molar-refractivity contribution in [3.8, 4) is 0 Å². The van der Waals surface area contributed by atoms with Crippen LogP contribution in [0.3, 0.4) is 0 Å². The molecule has 0 amide bonds. The van der Waals surface area contributed by atoms with Crippen LogP contribution in [0.25, 0.3) is 0 Å². The van der Waals surface area contributed by atoms with Gasteiger partial charge in [0, 0.05) is 30.8 Å². The molecule has 0 fully saturated rings. The van der Waals surface area contributed by atoms with E-state index < -0.39 is 0 Å². The summed E-state index contributed by atoms with van der Waals surface area (Å²) >= 11 is 6.31. The van der Waals surface area contributed by atoms with Gasteiger partial charge in [0.25, 0.3) is 0 Å². The Hall–Kier alpha value is -1.51. The average molecular weight is 289 g/mol. The Balaban J connectivity index is 2.10. The van der Waals surface area contributed by atoms with Gasteiger partial charge in [-0.3, -0.25) is 0 Å². The predicted octanol–water partition coefficient (Wildman–Crippen LogP) is 4.00. The fourth-order valence-corrected chi connectivity index (χ4v) is 2.41.